The molecule has 0 aromatic carbocycles. The number of ether oxygens (including phenoxy) is 1. The third-order valence-corrected chi connectivity index (χ3v) is 5.15. The molecule has 0 unspecified atom stereocenters. The van der Waals surface area contributed by atoms with E-state index in [-0.39, 0.29) is 17.1 Å². The van der Waals surface area contributed by atoms with Crippen molar-refractivity contribution < 1.29 is 19.2 Å². The summed E-state index contributed by atoms with van der Waals surface area (Å²) < 4.78 is 5.29. The number of nitrogens with zero attached hydrogens (tertiary/aromatic N) is 1. The number of fused-ring (bicyclic) bond motifs is 1. The molecule has 1 saturated heterocycles. The van der Waals surface area contributed by atoms with Crippen molar-refractivity contribution in [1.82, 2.24) is 4.98 Å². The van der Waals surface area contributed by atoms with Gasteiger partial charge in [-0.1, -0.05) is 25.2 Å². The fourth-order valence-corrected chi connectivity index (χ4v) is 3.94. The van der Waals surface area contributed by atoms with Gasteiger partial charge in [-0.2, -0.15) is 0 Å². The molecule has 2 aliphatic rings. The van der Waals surface area contributed by atoms with Crippen LogP contribution in [0.2, 0.25) is 0 Å². The Bertz CT molecular complexity index is 591. The molecule has 1 aliphatic carbocycles. The predicted molar refractivity (Wildman–Crippen MR) is 83.6 cm³/mol. The number of thiazole rings is 1. The van der Waals surface area contributed by atoms with Gasteiger partial charge < -0.3 is 9.64 Å². The van der Waals surface area contributed by atoms with E-state index in [9.17, 15) is 9.59 Å². The molecule has 0 bridgehead atoms. The van der Waals surface area contributed by atoms with Gasteiger partial charge in [0, 0.05) is 6.42 Å². The first-order chi connectivity index (χ1) is 10.4. The largest absolute Gasteiger partial charge is 0.370 e. The van der Waals surface area contributed by atoms with Gasteiger partial charge in [-0.3, -0.25) is 14.9 Å². The molecule has 1 aromatic heterocycles. The predicted octanol–water partition coefficient (Wildman–Crippen LogP) is 0.152. The zero-order chi connectivity index (χ0) is 15.7. The summed E-state index contributed by atoms with van der Waals surface area (Å²) in [6, 6.07) is 0. The maximum atomic E-state index is 12.2. The van der Waals surface area contributed by atoms with Crippen LogP contribution in [0.25, 0.3) is 0 Å². The Morgan fingerprint density at radius 3 is 2.82 bits per heavy atom. The van der Waals surface area contributed by atoms with Crippen LogP contribution in [0.15, 0.2) is 0 Å². The summed E-state index contributed by atoms with van der Waals surface area (Å²) in [7, 11) is 0. The van der Waals surface area contributed by atoms with Gasteiger partial charge in [0.25, 0.3) is 5.91 Å². The minimum absolute atomic E-state index is 0.0443. The number of carbonyl (C=O) groups is 2. The number of rotatable bonds is 3. The molecule has 0 radical (unpaired) electrons. The molecule has 0 saturated carbocycles. The van der Waals surface area contributed by atoms with Crippen molar-refractivity contribution >= 4 is 28.2 Å². The van der Waals surface area contributed by atoms with E-state index >= 15 is 0 Å². The highest BCUT2D eigenvalue weighted by atomic mass is 32.1. The molecule has 1 amide bonds. The fourth-order valence-electron chi connectivity index (χ4n) is 3.00. The molecule has 120 valence electrons. The fraction of sp³-hybridized carbons (Fsp3) is 0.667. The number of nitrogens with one attached hydrogen (secondary N) is 2. The van der Waals surface area contributed by atoms with Crippen LogP contribution in [0.4, 0.5) is 5.13 Å². The van der Waals surface area contributed by atoms with Crippen LogP contribution < -0.4 is 10.2 Å². The highest BCUT2D eigenvalue weighted by Crippen LogP contribution is 2.38. The lowest BCUT2D eigenvalue weighted by Crippen LogP contribution is -3.15. The molecular weight excluding hydrogens is 302 g/mol. The Labute approximate surface area is 133 Å². The molecule has 1 fully saturated rings. The smallest absolute Gasteiger partial charge is 0.281 e. The third kappa shape index (κ3) is 3.53. The van der Waals surface area contributed by atoms with Gasteiger partial charge >= 0.3 is 0 Å². The van der Waals surface area contributed by atoms with Crippen molar-refractivity contribution in [3.63, 3.8) is 0 Å². The summed E-state index contributed by atoms with van der Waals surface area (Å²) in [5.74, 6) is 0.0951. The quantitative estimate of drug-likeness (QED) is 0.830. The monoisotopic (exact) mass is 324 g/mol. The number of Topliss-reactive ketones (excluding diaryl/α,β-unsaturated/α-hetero) is 1. The molecule has 3 rings (SSSR count). The minimum atomic E-state index is -0.0466. The number of carbonyl (C=O) groups excluding carboxylic acids is 2. The van der Waals surface area contributed by atoms with Crippen LogP contribution in [0.5, 0.6) is 0 Å². The Morgan fingerprint density at radius 2 is 2.09 bits per heavy atom. The summed E-state index contributed by atoms with van der Waals surface area (Å²) in [4.78, 5) is 30.7. The van der Waals surface area contributed by atoms with E-state index in [1.54, 1.807) is 0 Å². The average molecular weight is 324 g/mol. The van der Waals surface area contributed by atoms with E-state index in [0.717, 1.165) is 25.2 Å². The van der Waals surface area contributed by atoms with Crippen molar-refractivity contribution in [2.75, 3.05) is 38.2 Å². The SMILES string of the molecule is CC1(C)CC(=O)c2sc(NC(=O)C[NH+]3CCOCC3)nc2C1. The molecule has 7 heteroatoms. The molecular formula is C15H22N3O3S+. The topological polar surface area (TPSA) is 72.7 Å². The second kappa shape index (κ2) is 6.06. The minimum Gasteiger partial charge on any atom is -0.370 e. The molecule has 2 N–H and O–H groups in total. The summed E-state index contributed by atoms with van der Waals surface area (Å²) in [5, 5.41) is 3.40. The Balaban J connectivity index is 1.64. The lowest BCUT2D eigenvalue weighted by atomic mass is 9.78. The number of amides is 1. The summed E-state index contributed by atoms with van der Waals surface area (Å²) in [6.45, 7) is 7.70. The standard InChI is InChI=1S/C15H21N3O3S/c1-15(2)7-10-13(11(19)8-15)22-14(16-10)17-12(20)9-18-3-5-21-6-4-18/h3-9H2,1-2H3,(H,16,17,20)/p+1. The third-order valence-electron chi connectivity index (χ3n) is 4.09. The second-order valence-electron chi connectivity index (χ2n) is 6.82. The average Bonchev–Trinajstić information content (AvgIpc) is 2.80. The van der Waals surface area contributed by atoms with E-state index < -0.39 is 0 Å². The van der Waals surface area contributed by atoms with Gasteiger partial charge in [-0.25, -0.2) is 4.98 Å². The lowest BCUT2D eigenvalue weighted by molar-refractivity contribution is -0.899. The van der Waals surface area contributed by atoms with Gasteiger partial charge in [0.2, 0.25) is 0 Å². The second-order valence-corrected chi connectivity index (χ2v) is 7.82. The zero-order valence-corrected chi connectivity index (χ0v) is 13.8. The van der Waals surface area contributed by atoms with Crippen LogP contribution >= 0.6 is 11.3 Å². The molecule has 0 spiro atoms. The van der Waals surface area contributed by atoms with Crippen LogP contribution in [-0.4, -0.2) is 49.5 Å². The van der Waals surface area contributed by atoms with Gasteiger partial charge in [0.05, 0.1) is 23.8 Å². The van der Waals surface area contributed by atoms with Crippen molar-refractivity contribution in [3.8, 4) is 0 Å². The van der Waals surface area contributed by atoms with Crippen molar-refractivity contribution in [2.24, 2.45) is 5.41 Å². The zero-order valence-electron chi connectivity index (χ0n) is 13.0. The molecule has 6 nitrogen and oxygen atoms in total. The van der Waals surface area contributed by atoms with Crippen molar-refractivity contribution in [2.45, 2.75) is 26.7 Å². The summed E-state index contributed by atoms with van der Waals surface area (Å²) in [5.41, 5.74) is 0.789. The number of ketones is 1. The molecule has 2 heterocycles. The van der Waals surface area contributed by atoms with Crippen LogP contribution in [0, 0.1) is 5.41 Å². The maximum absolute atomic E-state index is 12.2. The summed E-state index contributed by atoms with van der Waals surface area (Å²) >= 11 is 1.31. The van der Waals surface area contributed by atoms with Gasteiger partial charge in [0.15, 0.2) is 17.5 Å². The van der Waals surface area contributed by atoms with Crippen LogP contribution in [0.1, 0.15) is 35.6 Å². The summed E-state index contributed by atoms with van der Waals surface area (Å²) in [6.07, 6.45) is 1.34. The highest BCUT2D eigenvalue weighted by Gasteiger charge is 2.34. The first kappa shape index (κ1) is 15.6. The van der Waals surface area contributed by atoms with Crippen LogP contribution in [-0.2, 0) is 16.0 Å². The van der Waals surface area contributed by atoms with E-state index in [0.29, 0.717) is 36.2 Å². The number of anilines is 1. The molecule has 0 atom stereocenters. The normalized spacial score (nSPS) is 21.5. The Morgan fingerprint density at radius 1 is 1.36 bits per heavy atom. The van der Waals surface area contributed by atoms with Crippen molar-refractivity contribution in [1.29, 1.82) is 0 Å². The highest BCUT2D eigenvalue weighted by molar-refractivity contribution is 7.17. The number of quaternary nitrogens is 1. The van der Waals surface area contributed by atoms with E-state index in [1.807, 2.05) is 0 Å². The molecule has 22 heavy (non-hydrogen) atoms. The van der Waals surface area contributed by atoms with E-state index in [4.69, 9.17) is 4.74 Å². The number of aromatic nitrogens is 1. The Hall–Kier alpha value is -1.31. The van der Waals surface area contributed by atoms with Gasteiger partial charge in [-0.15, -0.1) is 0 Å². The van der Waals surface area contributed by atoms with Crippen LogP contribution in [0.3, 0.4) is 0 Å². The molecule has 1 aliphatic heterocycles. The maximum Gasteiger partial charge on any atom is 0.281 e. The number of hydrogen-bond acceptors (Lipinski definition) is 5. The van der Waals surface area contributed by atoms with E-state index in [1.165, 1.54) is 16.2 Å². The van der Waals surface area contributed by atoms with Gasteiger partial charge in [-0.05, 0) is 11.8 Å². The first-order valence-corrected chi connectivity index (χ1v) is 8.49. The van der Waals surface area contributed by atoms with E-state index in [2.05, 4.69) is 24.1 Å². The number of morpholine rings is 1. The van der Waals surface area contributed by atoms with Gasteiger partial charge in [0.1, 0.15) is 13.1 Å². The van der Waals surface area contributed by atoms with Crippen molar-refractivity contribution in [3.05, 3.63) is 10.6 Å². The lowest BCUT2D eigenvalue weighted by Gasteiger charge is -2.26. The molecule has 1 aromatic rings. The Kier molecular flexibility index (Phi) is 4.29. The first-order valence-electron chi connectivity index (χ1n) is 7.67. The number of hydrogen-bond donors (Lipinski definition) is 2.